The van der Waals surface area contributed by atoms with Crippen molar-refractivity contribution in [2.45, 2.75) is 38.8 Å². The highest BCUT2D eigenvalue weighted by Crippen LogP contribution is 2.33. The fraction of sp³-hybridized carbons (Fsp3) is 0.667. The quantitative estimate of drug-likeness (QED) is 0.812. The van der Waals surface area contributed by atoms with Gasteiger partial charge in [0.2, 0.25) is 0 Å². The SMILES string of the molecule is Cc1cc(C)nc(O[C@@H]2C[C@@H]3CN[C@H]2C3)n1. The minimum atomic E-state index is 0.264. The maximum atomic E-state index is 5.89. The summed E-state index contributed by atoms with van der Waals surface area (Å²) in [5, 5.41) is 3.48. The molecule has 86 valence electrons. The van der Waals surface area contributed by atoms with Gasteiger partial charge >= 0.3 is 6.01 Å². The number of hydrogen-bond acceptors (Lipinski definition) is 4. The van der Waals surface area contributed by atoms with E-state index in [0.717, 1.165) is 30.3 Å². The van der Waals surface area contributed by atoms with Crippen LogP contribution in [0.3, 0.4) is 0 Å². The number of rotatable bonds is 2. The van der Waals surface area contributed by atoms with Gasteiger partial charge in [0.1, 0.15) is 6.10 Å². The third-order valence-electron chi connectivity index (χ3n) is 3.49. The molecule has 0 unspecified atom stereocenters. The van der Waals surface area contributed by atoms with E-state index in [-0.39, 0.29) is 6.10 Å². The van der Waals surface area contributed by atoms with E-state index in [1.54, 1.807) is 0 Å². The summed E-state index contributed by atoms with van der Waals surface area (Å²) in [6.07, 6.45) is 2.66. The maximum Gasteiger partial charge on any atom is 0.317 e. The van der Waals surface area contributed by atoms with Crippen molar-refractivity contribution >= 4 is 0 Å². The third kappa shape index (κ3) is 1.78. The predicted octanol–water partition coefficient (Wildman–Crippen LogP) is 1.22. The van der Waals surface area contributed by atoms with Gasteiger partial charge in [0.15, 0.2) is 0 Å². The van der Waals surface area contributed by atoms with Crippen LogP contribution >= 0.6 is 0 Å². The molecule has 4 heteroatoms. The van der Waals surface area contributed by atoms with Crippen LogP contribution in [0.5, 0.6) is 6.01 Å². The molecule has 4 nitrogen and oxygen atoms in total. The van der Waals surface area contributed by atoms with Crippen molar-refractivity contribution in [1.82, 2.24) is 15.3 Å². The molecule has 1 aliphatic heterocycles. The molecule has 1 saturated heterocycles. The second kappa shape index (κ2) is 3.70. The lowest BCUT2D eigenvalue weighted by atomic mass is 10.1. The fourth-order valence-electron chi connectivity index (χ4n) is 2.81. The number of fused-ring (bicyclic) bond motifs is 2. The fourth-order valence-corrected chi connectivity index (χ4v) is 2.81. The van der Waals surface area contributed by atoms with Gasteiger partial charge in [-0.05, 0) is 45.2 Å². The second-order valence-electron chi connectivity index (χ2n) is 4.94. The monoisotopic (exact) mass is 219 g/mol. The van der Waals surface area contributed by atoms with Gasteiger partial charge in [-0.3, -0.25) is 0 Å². The van der Waals surface area contributed by atoms with Crippen LogP contribution in [0.25, 0.3) is 0 Å². The van der Waals surface area contributed by atoms with Crippen molar-refractivity contribution in [1.29, 1.82) is 0 Å². The Hall–Kier alpha value is -1.16. The zero-order valence-electron chi connectivity index (χ0n) is 9.73. The zero-order valence-corrected chi connectivity index (χ0v) is 9.73. The maximum absolute atomic E-state index is 5.89. The number of piperidine rings is 1. The Morgan fingerprint density at radius 1 is 1.25 bits per heavy atom. The van der Waals surface area contributed by atoms with Crippen molar-refractivity contribution in [2.24, 2.45) is 5.92 Å². The van der Waals surface area contributed by atoms with Crippen molar-refractivity contribution in [2.75, 3.05) is 6.54 Å². The summed E-state index contributed by atoms with van der Waals surface area (Å²) in [5.74, 6) is 0.793. The van der Waals surface area contributed by atoms with Crippen molar-refractivity contribution < 1.29 is 4.74 Å². The van der Waals surface area contributed by atoms with E-state index in [9.17, 15) is 0 Å². The molecule has 2 fully saturated rings. The number of nitrogens with one attached hydrogen (secondary N) is 1. The highest BCUT2D eigenvalue weighted by atomic mass is 16.5. The molecule has 1 N–H and O–H groups in total. The molecule has 2 bridgehead atoms. The lowest BCUT2D eigenvalue weighted by Crippen LogP contribution is -2.40. The Morgan fingerprint density at radius 3 is 2.56 bits per heavy atom. The standard InChI is InChI=1S/C12H17N3O/c1-7-3-8(2)15-12(14-7)16-11-5-9-4-10(11)13-6-9/h3,9-11,13H,4-6H2,1-2H3/t9-,10+,11-/m1/s1. The van der Waals surface area contributed by atoms with E-state index in [1.165, 1.54) is 6.42 Å². The molecule has 16 heavy (non-hydrogen) atoms. The van der Waals surface area contributed by atoms with Crippen LogP contribution in [-0.2, 0) is 0 Å². The molecule has 1 aliphatic carbocycles. The first kappa shape index (κ1) is 10.0. The van der Waals surface area contributed by atoms with Gasteiger partial charge in [-0.2, -0.15) is 0 Å². The van der Waals surface area contributed by atoms with E-state index < -0.39 is 0 Å². The highest BCUT2D eigenvalue weighted by molar-refractivity contribution is 5.12. The summed E-state index contributed by atoms with van der Waals surface area (Å²) in [4.78, 5) is 8.64. The zero-order chi connectivity index (χ0) is 11.1. The first-order valence-corrected chi connectivity index (χ1v) is 5.93. The summed E-state index contributed by atoms with van der Waals surface area (Å²) < 4.78 is 5.89. The van der Waals surface area contributed by atoms with Gasteiger partial charge in [0.05, 0.1) is 0 Å². The minimum Gasteiger partial charge on any atom is -0.458 e. The molecule has 0 aromatic carbocycles. The summed E-state index contributed by atoms with van der Waals surface area (Å²) in [5.41, 5.74) is 1.94. The molecule has 0 radical (unpaired) electrons. The van der Waals surface area contributed by atoms with Crippen LogP contribution < -0.4 is 10.1 Å². The largest absolute Gasteiger partial charge is 0.458 e. The van der Waals surface area contributed by atoms with E-state index in [1.807, 2.05) is 19.9 Å². The average molecular weight is 219 g/mol. The smallest absolute Gasteiger partial charge is 0.317 e. The lowest BCUT2D eigenvalue weighted by molar-refractivity contribution is 0.144. The molecular formula is C12H17N3O. The van der Waals surface area contributed by atoms with Crippen LogP contribution in [0.2, 0.25) is 0 Å². The van der Waals surface area contributed by atoms with Crippen molar-refractivity contribution in [3.8, 4) is 6.01 Å². The molecule has 1 saturated carbocycles. The first-order chi connectivity index (χ1) is 7.70. The minimum absolute atomic E-state index is 0.264. The Balaban J connectivity index is 1.74. The van der Waals surface area contributed by atoms with Crippen LogP contribution in [-0.4, -0.2) is 28.7 Å². The number of nitrogens with zero attached hydrogens (tertiary/aromatic N) is 2. The molecule has 0 amide bonds. The highest BCUT2D eigenvalue weighted by Gasteiger charge is 2.41. The number of ether oxygens (including phenoxy) is 1. The summed E-state index contributed by atoms with van der Waals surface area (Å²) in [7, 11) is 0. The van der Waals surface area contributed by atoms with Gasteiger partial charge in [-0.1, -0.05) is 0 Å². The molecule has 0 spiro atoms. The van der Waals surface area contributed by atoms with Crippen LogP contribution in [0.1, 0.15) is 24.2 Å². The van der Waals surface area contributed by atoms with Gasteiger partial charge in [0, 0.05) is 17.4 Å². The van der Waals surface area contributed by atoms with Crippen LogP contribution in [0.15, 0.2) is 6.07 Å². The Morgan fingerprint density at radius 2 is 2.00 bits per heavy atom. The predicted molar refractivity (Wildman–Crippen MR) is 60.4 cm³/mol. The summed E-state index contributed by atoms with van der Waals surface area (Å²) >= 11 is 0. The molecule has 3 rings (SSSR count). The second-order valence-corrected chi connectivity index (χ2v) is 4.94. The third-order valence-corrected chi connectivity index (χ3v) is 3.49. The van der Waals surface area contributed by atoms with E-state index in [2.05, 4.69) is 15.3 Å². The Kier molecular flexibility index (Phi) is 2.32. The number of aromatic nitrogens is 2. The van der Waals surface area contributed by atoms with Gasteiger partial charge < -0.3 is 10.1 Å². The summed E-state index contributed by atoms with van der Waals surface area (Å²) in [6, 6.07) is 3.01. The molecule has 1 aromatic heterocycles. The van der Waals surface area contributed by atoms with Crippen molar-refractivity contribution in [3.63, 3.8) is 0 Å². The average Bonchev–Trinajstić information content (AvgIpc) is 2.77. The van der Waals surface area contributed by atoms with E-state index in [4.69, 9.17) is 4.74 Å². The summed E-state index contributed by atoms with van der Waals surface area (Å²) in [6.45, 7) is 5.10. The van der Waals surface area contributed by atoms with Crippen molar-refractivity contribution in [3.05, 3.63) is 17.5 Å². The Bertz CT molecular complexity index is 387. The molecular weight excluding hydrogens is 202 g/mol. The van der Waals surface area contributed by atoms with E-state index in [0.29, 0.717) is 12.1 Å². The van der Waals surface area contributed by atoms with Gasteiger partial charge in [-0.25, -0.2) is 9.97 Å². The molecule has 2 heterocycles. The van der Waals surface area contributed by atoms with Gasteiger partial charge in [-0.15, -0.1) is 0 Å². The van der Waals surface area contributed by atoms with Gasteiger partial charge in [0.25, 0.3) is 0 Å². The molecule has 3 atom stereocenters. The van der Waals surface area contributed by atoms with Crippen LogP contribution in [0, 0.1) is 19.8 Å². The lowest BCUT2D eigenvalue weighted by Gasteiger charge is -2.23. The molecule has 1 aromatic rings. The van der Waals surface area contributed by atoms with E-state index >= 15 is 0 Å². The van der Waals surface area contributed by atoms with Crippen LogP contribution in [0.4, 0.5) is 0 Å². The number of aryl methyl sites for hydroxylation is 2. The normalized spacial score (nSPS) is 32.0. The number of hydrogen-bond donors (Lipinski definition) is 1. The topological polar surface area (TPSA) is 47.0 Å². The Labute approximate surface area is 95.4 Å². The molecule has 2 aliphatic rings. The first-order valence-electron chi connectivity index (χ1n) is 5.93.